The van der Waals surface area contributed by atoms with Crippen LogP contribution in [0.15, 0.2) is 0 Å². The summed E-state index contributed by atoms with van der Waals surface area (Å²) in [5.74, 6) is 4.60. The number of nitrogens with zero attached hydrogens (tertiary/aromatic N) is 1. The van der Waals surface area contributed by atoms with Gasteiger partial charge in [-0.3, -0.25) is 24.7 Å². The number of carbonyl (C=O) groups is 3. The van der Waals surface area contributed by atoms with Crippen molar-refractivity contribution in [3.63, 3.8) is 0 Å². The van der Waals surface area contributed by atoms with Crippen LogP contribution in [0.4, 0.5) is 0 Å². The standard InChI is InChI=1S/C12H19N3O3/c13-14-10(16)6-1-2-7-15-11(17)8-4-3-5-9(8)12(15)18/h8-9H,1-7,13H2,(H,14,16). The molecule has 100 valence electrons. The molecule has 3 amide bonds. The molecule has 1 heterocycles. The lowest BCUT2D eigenvalue weighted by atomic mass is 10.00. The number of hydrogen-bond donors (Lipinski definition) is 2. The van der Waals surface area contributed by atoms with Gasteiger partial charge in [0.15, 0.2) is 0 Å². The Morgan fingerprint density at radius 3 is 2.39 bits per heavy atom. The van der Waals surface area contributed by atoms with E-state index in [1.807, 2.05) is 0 Å². The van der Waals surface area contributed by atoms with Gasteiger partial charge >= 0.3 is 0 Å². The van der Waals surface area contributed by atoms with Gasteiger partial charge in [-0.2, -0.15) is 0 Å². The first-order valence-corrected chi connectivity index (χ1v) is 6.50. The lowest BCUT2D eigenvalue weighted by Crippen LogP contribution is -2.33. The smallest absolute Gasteiger partial charge is 0.233 e. The molecule has 6 nitrogen and oxygen atoms in total. The molecule has 2 unspecified atom stereocenters. The number of rotatable bonds is 5. The Morgan fingerprint density at radius 1 is 1.22 bits per heavy atom. The topological polar surface area (TPSA) is 92.5 Å². The van der Waals surface area contributed by atoms with Gasteiger partial charge in [0.25, 0.3) is 0 Å². The van der Waals surface area contributed by atoms with Crippen molar-refractivity contribution in [3.05, 3.63) is 0 Å². The van der Waals surface area contributed by atoms with Gasteiger partial charge in [-0.05, 0) is 25.7 Å². The van der Waals surface area contributed by atoms with E-state index in [1.54, 1.807) is 0 Å². The average molecular weight is 253 g/mol. The van der Waals surface area contributed by atoms with Crippen LogP contribution in [0.3, 0.4) is 0 Å². The van der Waals surface area contributed by atoms with E-state index in [-0.39, 0.29) is 29.6 Å². The summed E-state index contributed by atoms with van der Waals surface area (Å²) < 4.78 is 0. The highest BCUT2D eigenvalue weighted by molar-refractivity contribution is 6.05. The molecule has 0 spiro atoms. The largest absolute Gasteiger partial charge is 0.294 e. The van der Waals surface area contributed by atoms with Crippen LogP contribution in [0, 0.1) is 11.8 Å². The van der Waals surface area contributed by atoms with Crippen molar-refractivity contribution in [1.29, 1.82) is 0 Å². The summed E-state index contributed by atoms with van der Waals surface area (Å²) in [4.78, 5) is 36.3. The summed E-state index contributed by atoms with van der Waals surface area (Å²) in [5.41, 5.74) is 2.06. The number of amides is 3. The molecule has 2 aliphatic rings. The summed E-state index contributed by atoms with van der Waals surface area (Å²) in [6.45, 7) is 0.433. The third-order valence-electron chi connectivity index (χ3n) is 3.88. The highest BCUT2D eigenvalue weighted by atomic mass is 16.2. The minimum Gasteiger partial charge on any atom is -0.294 e. The third-order valence-corrected chi connectivity index (χ3v) is 3.88. The van der Waals surface area contributed by atoms with E-state index in [1.165, 1.54) is 4.90 Å². The summed E-state index contributed by atoms with van der Waals surface area (Å²) in [6, 6.07) is 0. The minimum absolute atomic E-state index is 0.00854. The summed E-state index contributed by atoms with van der Waals surface area (Å²) in [7, 11) is 0. The zero-order chi connectivity index (χ0) is 13.1. The monoisotopic (exact) mass is 253 g/mol. The van der Waals surface area contributed by atoms with Crippen molar-refractivity contribution < 1.29 is 14.4 Å². The van der Waals surface area contributed by atoms with Gasteiger partial charge < -0.3 is 0 Å². The van der Waals surface area contributed by atoms with Gasteiger partial charge in [-0.1, -0.05) is 6.42 Å². The van der Waals surface area contributed by atoms with E-state index in [0.29, 0.717) is 25.8 Å². The van der Waals surface area contributed by atoms with Crippen molar-refractivity contribution >= 4 is 17.7 Å². The molecule has 2 atom stereocenters. The molecule has 0 bridgehead atoms. The molecule has 1 aliphatic carbocycles. The lowest BCUT2D eigenvalue weighted by Gasteiger charge is -2.15. The number of nitrogens with two attached hydrogens (primary N) is 1. The molecule has 1 aliphatic heterocycles. The molecule has 0 radical (unpaired) electrons. The molecule has 2 fully saturated rings. The first kappa shape index (κ1) is 13.0. The molecule has 3 N–H and O–H groups in total. The molecule has 0 aromatic heterocycles. The number of unbranched alkanes of at least 4 members (excludes halogenated alkanes) is 1. The fourth-order valence-electron chi connectivity index (χ4n) is 2.91. The fourth-order valence-corrected chi connectivity index (χ4v) is 2.91. The van der Waals surface area contributed by atoms with Crippen LogP contribution in [0.2, 0.25) is 0 Å². The van der Waals surface area contributed by atoms with E-state index in [0.717, 1.165) is 19.3 Å². The van der Waals surface area contributed by atoms with Crippen molar-refractivity contribution in [1.82, 2.24) is 10.3 Å². The molecule has 6 heteroatoms. The third kappa shape index (κ3) is 2.38. The first-order chi connectivity index (χ1) is 8.65. The van der Waals surface area contributed by atoms with E-state index >= 15 is 0 Å². The Bertz CT molecular complexity index is 348. The Hall–Kier alpha value is -1.43. The SMILES string of the molecule is NNC(=O)CCCCN1C(=O)C2CCCC2C1=O. The molecule has 1 saturated heterocycles. The van der Waals surface area contributed by atoms with Crippen LogP contribution in [-0.2, 0) is 14.4 Å². The highest BCUT2D eigenvalue weighted by Gasteiger charge is 2.49. The number of nitrogens with one attached hydrogen (secondary N) is 1. The second-order valence-electron chi connectivity index (χ2n) is 5.00. The van der Waals surface area contributed by atoms with Crippen LogP contribution in [0.1, 0.15) is 38.5 Å². The van der Waals surface area contributed by atoms with Crippen LogP contribution >= 0.6 is 0 Å². The van der Waals surface area contributed by atoms with E-state index in [9.17, 15) is 14.4 Å². The average Bonchev–Trinajstić information content (AvgIpc) is 2.92. The normalized spacial score (nSPS) is 26.6. The Kier molecular flexibility index (Phi) is 3.96. The number of imide groups is 1. The van der Waals surface area contributed by atoms with E-state index in [4.69, 9.17) is 5.84 Å². The molecular formula is C12H19N3O3. The summed E-state index contributed by atoms with van der Waals surface area (Å²) >= 11 is 0. The predicted molar refractivity (Wildman–Crippen MR) is 63.7 cm³/mol. The predicted octanol–water partition coefficient (Wildman–Crippen LogP) is -0.0683. The zero-order valence-electron chi connectivity index (χ0n) is 10.4. The van der Waals surface area contributed by atoms with Gasteiger partial charge in [-0.25, -0.2) is 5.84 Å². The number of hydrazine groups is 1. The van der Waals surface area contributed by atoms with Crippen LogP contribution in [0.5, 0.6) is 0 Å². The van der Waals surface area contributed by atoms with Gasteiger partial charge in [-0.15, -0.1) is 0 Å². The van der Waals surface area contributed by atoms with Gasteiger partial charge in [0.1, 0.15) is 0 Å². The van der Waals surface area contributed by atoms with Crippen LogP contribution in [-0.4, -0.2) is 29.2 Å². The maximum Gasteiger partial charge on any atom is 0.233 e. The second-order valence-corrected chi connectivity index (χ2v) is 5.00. The van der Waals surface area contributed by atoms with Crippen molar-refractivity contribution in [3.8, 4) is 0 Å². The van der Waals surface area contributed by atoms with E-state index in [2.05, 4.69) is 5.43 Å². The quantitative estimate of drug-likeness (QED) is 0.236. The summed E-state index contributed by atoms with van der Waals surface area (Å²) in [6.07, 6.45) is 4.30. The minimum atomic E-state index is -0.217. The number of fused-ring (bicyclic) bond motifs is 1. The molecule has 2 rings (SSSR count). The maximum absolute atomic E-state index is 12.0. The van der Waals surface area contributed by atoms with Crippen LogP contribution < -0.4 is 11.3 Å². The fraction of sp³-hybridized carbons (Fsp3) is 0.750. The van der Waals surface area contributed by atoms with Gasteiger partial charge in [0.05, 0.1) is 11.8 Å². The highest BCUT2D eigenvalue weighted by Crippen LogP contribution is 2.39. The molecule has 0 aromatic carbocycles. The first-order valence-electron chi connectivity index (χ1n) is 6.50. The van der Waals surface area contributed by atoms with Crippen molar-refractivity contribution in [2.75, 3.05) is 6.54 Å². The maximum atomic E-state index is 12.0. The van der Waals surface area contributed by atoms with E-state index < -0.39 is 0 Å². The molecular weight excluding hydrogens is 234 g/mol. The van der Waals surface area contributed by atoms with Crippen molar-refractivity contribution in [2.45, 2.75) is 38.5 Å². The molecule has 1 saturated carbocycles. The van der Waals surface area contributed by atoms with Gasteiger partial charge in [0, 0.05) is 13.0 Å². The number of hydrogen-bond acceptors (Lipinski definition) is 4. The lowest BCUT2D eigenvalue weighted by molar-refractivity contribution is -0.140. The summed E-state index contributed by atoms with van der Waals surface area (Å²) in [5, 5.41) is 0. The molecule has 18 heavy (non-hydrogen) atoms. The Morgan fingerprint density at radius 2 is 1.83 bits per heavy atom. The Balaban J connectivity index is 1.78. The Labute approximate surface area is 106 Å². The number of likely N-dealkylation sites (tertiary alicyclic amines) is 1. The zero-order valence-corrected chi connectivity index (χ0v) is 10.4. The number of carbonyl (C=O) groups excluding carboxylic acids is 3. The molecule has 0 aromatic rings. The van der Waals surface area contributed by atoms with Crippen molar-refractivity contribution in [2.24, 2.45) is 17.7 Å². The van der Waals surface area contributed by atoms with Gasteiger partial charge in [0.2, 0.25) is 17.7 Å². The van der Waals surface area contributed by atoms with Crippen LogP contribution in [0.25, 0.3) is 0 Å². The second kappa shape index (κ2) is 5.48.